The second kappa shape index (κ2) is 5.30. The fourth-order valence-corrected chi connectivity index (χ4v) is 2.39. The summed E-state index contributed by atoms with van der Waals surface area (Å²) in [7, 11) is 1.67. The lowest BCUT2D eigenvalue weighted by Crippen LogP contribution is -2.46. The largest absolute Gasteiger partial charge is 0.480 e. The van der Waals surface area contributed by atoms with Crippen molar-refractivity contribution in [1.29, 1.82) is 0 Å². The van der Waals surface area contributed by atoms with Crippen LogP contribution in [-0.2, 0) is 4.79 Å². The van der Waals surface area contributed by atoms with E-state index in [0.29, 0.717) is 13.0 Å². The van der Waals surface area contributed by atoms with E-state index < -0.39 is 12.0 Å². The van der Waals surface area contributed by atoms with Gasteiger partial charge in [0.15, 0.2) is 0 Å². The minimum atomic E-state index is -0.927. The number of likely N-dealkylation sites (tertiary alicyclic amines) is 1. The fraction of sp³-hybridized carbons (Fsp3) is 0.429. The van der Waals surface area contributed by atoms with Gasteiger partial charge in [-0.2, -0.15) is 0 Å². The van der Waals surface area contributed by atoms with Gasteiger partial charge in [0.05, 0.1) is 0 Å². The van der Waals surface area contributed by atoms with Crippen LogP contribution < -0.4 is 4.90 Å². The highest BCUT2D eigenvalue weighted by atomic mass is 16.4. The number of carbonyl (C=O) groups is 2. The Kier molecular flexibility index (Phi) is 3.74. The van der Waals surface area contributed by atoms with Crippen molar-refractivity contribution >= 4 is 17.7 Å². The normalized spacial score (nSPS) is 18.4. The van der Waals surface area contributed by atoms with Gasteiger partial charge >= 0.3 is 12.0 Å². The van der Waals surface area contributed by atoms with E-state index in [1.807, 2.05) is 31.2 Å². The van der Waals surface area contributed by atoms with Crippen LogP contribution in [-0.4, -0.2) is 41.6 Å². The average molecular weight is 262 g/mol. The number of hydrogen-bond acceptors (Lipinski definition) is 2. The van der Waals surface area contributed by atoms with E-state index in [1.165, 1.54) is 9.80 Å². The van der Waals surface area contributed by atoms with Crippen molar-refractivity contribution in [2.75, 3.05) is 18.5 Å². The van der Waals surface area contributed by atoms with Crippen LogP contribution in [0.3, 0.4) is 0 Å². The first-order valence-corrected chi connectivity index (χ1v) is 6.34. The zero-order valence-electron chi connectivity index (χ0n) is 11.2. The summed E-state index contributed by atoms with van der Waals surface area (Å²) in [5.74, 6) is -0.927. The third-order valence-corrected chi connectivity index (χ3v) is 3.46. The van der Waals surface area contributed by atoms with E-state index in [9.17, 15) is 9.59 Å². The number of carboxylic acids is 1. The zero-order chi connectivity index (χ0) is 14.0. The highest BCUT2D eigenvalue weighted by Gasteiger charge is 2.35. The van der Waals surface area contributed by atoms with Gasteiger partial charge < -0.3 is 10.0 Å². The number of carbonyl (C=O) groups excluding carboxylic acids is 1. The Morgan fingerprint density at radius 3 is 2.79 bits per heavy atom. The maximum Gasteiger partial charge on any atom is 0.326 e. The van der Waals surface area contributed by atoms with Crippen LogP contribution in [0.4, 0.5) is 10.5 Å². The molecule has 102 valence electrons. The summed E-state index contributed by atoms with van der Waals surface area (Å²) in [6.45, 7) is 2.46. The van der Waals surface area contributed by atoms with E-state index in [4.69, 9.17) is 5.11 Å². The van der Waals surface area contributed by atoms with E-state index in [1.54, 1.807) is 7.05 Å². The molecule has 19 heavy (non-hydrogen) atoms. The summed E-state index contributed by atoms with van der Waals surface area (Å²) in [6.07, 6.45) is 1.27. The summed E-state index contributed by atoms with van der Waals surface area (Å²) in [6, 6.07) is 6.64. The predicted octanol–water partition coefficient (Wildman–Crippen LogP) is 2.10. The molecular formula is C14H18N2O3. The molecule has 0 radical (unpaired) electrons. The molecule has 0 aromatic heterocycles. The minimum Gasteiger partial charge on any atom is -0.480 e. The number of aliphatic carboxylic acids is 1. The van der Waals surface area contributed by atoms with Crippen molar-refractivity contribution < 1.29 is 14.7 Å². The molecule has 2 rings (SSSR count). The molecule has 1 aromatic rings. The van der Waals surface area contributed by atoms with Crippen molar-refractivity contribution in [2.45, 2.75) is 25.8 Å². The number of hydrogen-bond donors (Lipinski definition) is 1. The molecule has 1 fully saturated rings. The van der Waals surface area contributed by atoms with Crippen molar-refractivity contribution in [3.05, 3.63) is 29.8 Å². The second-order valence-electron chi connectivity index (χ2n) is 4.87. The lowest BCUT2D eigenvalue weighted by atomic mass is 10.2. The maximum atomic E-state index is 12.4. The lowest BCUT2D eigenvalue weighted by molar-refractivity contribution is -0.141. The number of anilines is 1. The van der Waals surface area contributed by atoms with Gasteiger partial charge in [-0.25, -0.2) is 9.59 Å². The Morgan fingerprint density at radius 1 is 1.42 bits per heavy atom. The lowest BCUT2D eigenvalue weighted by Gasteiger charge is -2.27. The van der Waals surface area contributed by atoms with Gasteiger partial charge in [0.1, 0.15) is 6.04 Å². The number of rotatable bonds is 2. The van der Waals surface area contributed by atoms with Gasteiger partial charge in [0.2, 0.25) is 0 Å². The third-order valence-electron chi connectivity index (χ3n) is 3.46. The van der Waals surface area contributed by atoms with Crippen LogP contribution in [0.15, 0.2) is 24.3 Å². The highest BCUT2D eigenvalue weighted by Crippen LogP contribution is 2.22. The molecule has 1 aliphatic heterocycles. The number of amides is 2. The van der Waals surface area contributed by atoms with E-state index >= 15 is 0 Å². The minimum absolute atomic E-state index is 0.254. The van der Waals surface area contributed by atoms with Gasteiger partial charge in [-0.1, -0.05) is 12.1 Å². The third kappa shape index (κ3) is 2.70. The van der Waals surface area contributed by atoms with Gasteiger partial charge in [-0.3, -0.25) is 4.90 Å². The van der Waals surface area contributed by atoms with Gasteiger partial charge in [0, 0.05) is 19.3 Å². The van der Waals surface area contributed by atoms with Crippen LogP contribution >= 0.6 is 0 Å². The number of benzene rings is 1. The van der Waals surface area contributed by atoms with E-state index in [0.717, 1.165) is 17.7 Å². The smallest absolute Gasteiger partial charge is 0.326 e. The first-order chi connectivity index (χ1) is 9.00. The van der Waals surface area contributed by atoms with E-state index in [2.05, 4.69) is 0 Å². The van der Waals surface area contributed by atoms with Crippen molar-refractivity contribution in [2.24, 2.45) is 0 Å². The number of nitrogens with zero attached hydrogens (tertiary/aromatic N) is 2. The average Bonchev–Trinajstić information content (AvgIpc) is 2.86. The van der Waals surface area contributed by atoms with Crippen molar-refractivity contribution in [3.63, 3.8) is 0 Å². The molecule has 1 saturated heterocycles. The number of urea groups is 1. The monoisotopic (exact) mass is 262 g/mol. The van der Waals surface area contributed by atoms with Gasteiger partial charge in [-0.15, -0.1) is 0 Å². The molecule has 2 amide bonds. The Balaban J connectivity index is 2.17. The van der Waals surface area contributed by atoms with Crippen LogP contribution in [0.2, 0.25) is 0 Å². The summed E-state index contributed by atoms with van der Waals surface area (Å²) in [5.41, 5.74) is 1.84. The van der Waals surface area contributed by atoms with Crippen LogP contribution in [0, 0.1) is 6.92 Å². The second-order valence-corrected chi connectivity index (χ2v) is 4.87. The first-order valence-electron chi connectivity index (χ1n) is 6.34. The van der Waals surface area contributed by atoms with Crippen molar-refractivity contribution in [3.8, 4) is 0 Å². The van der Waals surface area contributed by atoms with E-state index in [-0.39, 0.29) is 6.03 Å². The fourth-order valence-electron chi connectivity index (χ4n) is 2.39. The first kappa shape index (κ1) is 13.4. The summed E-state index contributed by atoms with van der Waals surface area (Å²) < 4.78 is 0. The quantitative estimate of drug-likeness (QED) is 0.887. The maximum absolute atomic E-state index is 12.4. The molecule has 0 bridgehead atoms. The Bertz CT molecular complexity index is 501. The molecule has 1 atom stereocenters. The standard InChI is InChI=1S/C14H18N2O3/c1-10-5-3-6-11(9-10)15(2)14(19)16-8-4-7-12(16)13(17)18/h3,5-6,9,12H,4,7-8H2,1-2H3,(H,17,18)/t12-/m1/s1. The predicted molar refractivity (Wildman–Crippen MR) is 72.3 cm³/mol. The molecule has 5 heteroatoms. The molecule has 0 aliphatic carbocycles. The molecule has 1 aliphatic rings. The Hall–Kier alpha value is -2.04. The zero-order valence-corrected chi connectivity index (χ0v) is 11.2. The molecule has 0 saturated carbocycles. The van der Waals surface area contributed by atoms with Crippen LogP contribution in [0.5, 0.6) is 0 Å². The highest BCUT2D eigenvalue weighted by molar-refractivity contribution is 5.94. The van der Waals surface area contributed by atoms with Gasteiger partial charge in [-0.05, 0) is 37.5 Å². The topological polar surface area (TPSA) is 60.9 Å². The molecule has 0 spiro atoms. The summed E-state index contributed by atoms with van der Waals surface area (Å²) in [4.78, 5) is 26.4. The molecule has 0 unspecified atom stereocenters. The molecule has 1 N–H and O–H groups in total. The molecule has 1 aromatic carbocycles. The molecule has 1 heterocycles. The molecule has 5 nitrogen and oxygen atoms in total. The summed E-state index contributed by atoms with van der Waals surface area (Å²) in [5, 5.41) is 9.12. The van der Waals surface area contributed by atoms with Crippen LogP contribution in [0.25, 0.3) is 0 Å². The van der Waals surface area contributed by atoms with Crippen molar-refractivity contribution in [1.82, 2.24) is 4.90 Å². The molecular weight excluding hydrogens is 244 g/mol. The Morgan fingerprint density at radius 2 is 2.16 bits per heavy atom. The summed E-state index contributed by atoms with van der Waals surface area (Å²) >= 11 is 0. The number of carboxylic acid groups (broad SMARTS) is 1. The van der Waals surface area contributed by atoms with Gasteiger partial charge in [0.25, 0.3) is 0 Å². The number of aryl methyl sites for hydroxylation is 1. The Labute approximate surface area is 112 Å². The SMILES string of the molecule is Cc1cccc(N(C)C(=O)N2CCC[C@@H]2C(=O)O)c1. The van der Waals surface area contributed by atoms with Crippen LogP contribution in [0.1, 0.15) is 18.4 Å².